The number of carbonyl (C=O) groups excluding carboxylic acids is 1. The van der Waals surface area contributed by atoms with Crippen LogP contribution in [0.3, 0.4) is 0 Å². The second-order valence-electron chi connectivity index (χ2n) is 4.83. The standard InChI is InChI=1S/C13H24O3/c1-11(6-5-7-12(2)14)10-16-13-8-3-4-9-15-13/h11,13H,3-10H2,1-2H3. The smallest absolute Gasteiger partial charge is 0.157 e. The van der Waals surface area contributed by atoms with Crippen molar-refractivity contribution in [3.8, 4) is 0 Å². The summed E-state index contributed by atoms with van der Waals surface area (Å²) >= 11 is 0. The van der Waals surface area contributed by atoms with Crippen molar-refractivity contribution in [1.29, 1.82) is 0 Å². The summed E-state index contributed by atoms with van der Waals surface area (Å²) in [5.74, 6) is 0.800. The van der Waals surface area contributed by atoms with Crippen LogP contribution in [0, 0.1) is 5.92 Å². The molecule has 16 heavy (non-hydrogen) atoms. The summed E-state index contributed by atoms with van der Waals surface area (Å²) in [7, 11) is 0. The number of ketones is 1. The Labute approximate surface area is 98.5 Å². The minimum atomic E-state index is 0.0176. The average Bonchev–Trinajstić information content (AvgIpc) is 2.27. The number of hydrogen-bond donors (Lipinski definition) is 0. The Morgan fingerprint density at radius 3 is 2.94 bits per heavy atom. The molecule has 0 aromatic carbocycles. The Bertz CT molecular complexity index is 197. The molecule has 0 aliphatic carbocycles. The lowest BCUT2D eigenvalue weighted by Crippen LogP contribution is -2.24. The fourth-order valence-corrected chi connectivity index (χ4v) is 1.90. The highest BCUT2D eigenvalue weighted by atomic mass is 16.7. The highest BCUT2D eigenvalue weighted by Crippen LogP contribution is 2.16. The molecule has 1 saturated heterocycles. The zero-order chi connectivity index (χ0) is 11.8. The quantitative estimate of drug-likeness (QED) is 0.672. The first-order valence-electron chi connectivity index (χ1n) is 6.41. The SMILES string of the molecule is CC(=O)CCCC(C)COC1CCCCO1. The highest BCUT2D eigenvalue weighted by molar-refractivity contribution is 5.75. The van der Waals surface area contributed by atoms with E-state index in [0.717, 1.165) is 38.9 Å². The van der Waals surface area contributed by atoms with Crippen LogP contribution in [0.25, 0.3) is 0 Å². The summed E-state index contributed by atoms with van der Waals surface area (Å²) in [4.78, 5) is 10.8. The molecule has 0 N–H and O–H groups in total. The van der Waals surface area contributed by atoms with Gasteiger partial charge in [0.05, 0.1) is 6.61 Å². The Kier molecular flexibility index (Phi) is 6.65. The van der Waals surface area contributed by atoms with Crippen molar-refractivity contribution in [2.45, 2.75) is 58.7 Å². The largest absolute Gasteiger partial charge is 0.353 e. The summed E-state index contributed by atoms with van der Waals surface area (Å²) in [6.07, 6.45) is 6.16. The van der Waals surface area contributed by atoms with Gasteiger partial charge in [-0.25, -0.2) is 0 Å². The van der Waals surface area contributed by atoms with E-state index in [9.17, 15) is 4.79 Å². The van der Waals surface area contributed by atoms with E-state index < -0.39 is 0 Å². The summed E-state index contributed by atoms with van der Waals surface area (Å²) in [5.41, 5.74) is 0. The summed E-state index contributed by atoms with van der Waals surface area (Å²) < 4.78 is 11.2. The fourth-order valence-electron chi connectivity index (χ4n) is 1.90. The summed E-state index contributed by atoms with van der Waals surface area (Å²) in [6.45, 7) is 5.41. The Hall–Kier alpha value is -0.410. The van der Waals surface area contributed by atoms with E-state index in [2.05, 4.69) is 6.92 Å². The molecule has 1 aliphatic rings. The van der Waals surface area contributed by atoms with Gasteiger partial charge >= 0.3 is 0 Å². The molecule has 1 rings (SSSR count). The third-order valence-electron chi connectivity index (χ3n) is 2.93. The molecule has 2 atom stereocenters. The Balaban J connectivity index is 2.00. The van der Waals surface area contributed by atoms with Gasteiger partial charge in [0.15, 0.2) is 6.29 Å². The predicted molar refractivity (Wildman–Crippen MR) is 63.2 cm³/mol. The molecule has 1 aliphatic heterocycles. The van der Waals surface area contributed by atoms with E-state index in [1.165, 1.54) is 6.42 Å². The normalized spacial score (nSPS) is 23.0. The number of rotatable bonds is 7. The minimum absolute atomic E-state index is 0.0176. The van der Waals surface area contributed by atoms with Crippen molar-refractivity contribution in [2.24, 2.45) is 5.92 Å². The monoisotopic (exact) mass is 228 g/mol. The lowest BCUT2D eigenvalue weighted by Gasteiger charge is -2.24. The van der Waals surface area contributed by atoms with Crippen molar-refractivity contribution in [1.82, 2.24) is 0 Å². The van der Waals surface area contributed by atoms with E-state index in [0.29, 0.717) is 12.3 Å². The molecule has 0 aromatic heterocycles. The van der Waals surface area contributed by atoms with Crippen LogP contribution in [-0.2, 0) is 14.3 Å². The summed E-state index contributed by atoms with van der Waals surface area (Å²) in [5, 5.41) is 0. The lowest BCUT2D eigenvalue weighted by atomic mass is 10.0. The van der Waals surface area contributed by atoms with E-state index >= 15 is 0 Å². The average molecular weight is 228 g/mol. The van der Waals surface area contributed by atoms with Gasteiger partial charge in [0, 0.05) is 13.0 Å². The zero-order valence-electron chi connectivity index (χ0n) is 10.5. The Morgan fingerprint density at radius 1 is 1.50 bits per heavy atom. The van der Waals surface area contributed by atoms with Gasteiger partial charge in [-0.3, -0.25) is 0 Å². The molecule has 3 heteroatoms. The maximum atomic E-state index is 10.8. The lowest BCUT2D eigenvalue weighted by molar-refractivity contribution is -0.168. The Morgan fingerprint density at radius 2 is 2.31 bits per heavy atom. The maximum Gasteiger partial charge on any atom is 0.157 e. The van der Waals surface area contributed by atoms with Crippen LogP contribution in [0.1, 0.15) is 52.4 Å². The molecule has 1 heterocycles. The van der Waals surface area contributed by atoms with Crippen molar-refractivity contribution < 1.29 is 14.3 Å². The van der Waals surface area contributed by atoms with Gasteiger partial charge in [0.2, 0.25) is 0 Å². The van der Waals surface area contributed by atoms with Crippen LogP contribution in [0.5, 0.6) is 0 Å². The number of Topliss-reactive ketones (excluding diaryl/α,β-unsaturated/α-hetero) is 1. The van der Waals surface area contributed by atoms with Crippen LogP contribution >= 0.6 is 0 Å². The molecule has 0 amide bonds. The van der Waals surface area contributed by atoms with Crippen LogP contribution in [-0.4, -0.2) is 25.3 Å². The number of hydrogen-bond acceptors (Lipinski definition) is 3. The van der Waals surface area contributed by atoms with Crippen LogP contribution in [0.4, 0.5) is 0 Å². The zero-order valence-corrected chi connectivity index (χ0v) is 10.5. The third kappa shape index (κ3) is 6.23. The molecular formula is C13H24O3. The molecule has 0 bridgehead atoms. The molecular weight excluding hydrogens is 204 g/mol. The molecule has 2 unspecified atom stereocenters. The fraction of sp³-hybridized carbons (Fsp3) is 0.923. The first-order chi connectivity index (χ1) is 7.68. The molecule has 3 nitrogen and oxygen atoms in total. The number of carbonyl (C=O) groups is 1. The van der Waals surface area contributed by atoms with Crippen LogP contribution in [0.15, 0.2) is 0 Å². The third-order valence-corrected chi connectivity index (χ3v) is 2.93. The molecule has 0 radical (unpaired) electrons. The van der Waals surface area contributed by atoms with E-state index in [-0.39, 0.29) is 12.1 Å². The van der Waals surface area contributed by atoms with E-state index in [1.807, 2.05) is 0 Å². The number of ether oxygens (including phenoxy) is 2. The molecule has 94 valence electrons. The second kappa shape index (κ2) is 7.80. The van der Waals surface area contributed by atoms with Crippen LogP contribution < -0.4 is 0 Å². The van der Waals surface area contributed by atoms with Crippen LogP contribution in [0.2, 0.25) is 0 Å². The van der Waals surface area contributed by atoms with Crippen molar-refractivity contribution in [3.63, 3.8) is 0 Å². The first kappa shape index (κ1) is 13.7. The van der Waals surface area contributed by atoms with Gasteiger partial charge in [0.25, 0.3) is 0 Å². The second-order valence-corrected chi connectivity index (χ2v) is 4.83. The first-order valence-corrected chi connectivity index (χ1v) is 6.41. The summed E-state index contributed by atoms with van der Waals surface area (Å²) in [6, 6.07) is 0. The topological polar surface area (TPSA) is 35.5 Å². The molecule has 0 aromatic rings. The molecule has 1 fully saturated rings. The van der Waals surface area contributed by atoms with Crippen molar-refractivity contribution >= 4 is 5.78 Å². The molecule has 0 spiro atoms. The highest BCUT2D eigenvalue weighted by Gasteiger charge is 2.15. The van der Waals surface area contributed by atoms with E-state index in [1.54, 1.807) is 6.92 Å². The predicted octanol–water partition coefficient (Wildman–Crippen LogP) is 2.93. The van der Waals surface area contributed by atoms with Gasteiger partial charge in [-0.2, -0.15) is 0 Å². The van der Waals surface area contributed by atoms with Crippen molar-refractivity contribution in [2.75, 3.05) is 13.2 Å². The maximum absolute atomic E-state index is 10.8. The van der Waals surface area contributed by atoms with Gasteiger partial charge in [-0.05, 0) is 44.9 Å². The van der Waals surface area contributed by atoms with E-state index in [4.69, 9.17) is 9.47 Å². The van der Waals surface area contributed by atoms with Gasteiger partial charge in [-0.1, -0.05) is 6.92 Å². The minimum Gasteiger partial charge on any atom is -0.353 e. The van der Waals surface area contributed by atoms with Gasteiger partial charge in [0.1, 0.15) is 5.78 Å². The van der Waals surface area contributed by atoms with Gasteiger partial charge < -0.3 is 14.3 Å². The van der Waals surface area contributed by atoms with Gasteiger partial charge in [-0.15, -0.1) is 0 Å². The van der Waals surface area contributed by atoms with Crippen molar-refractivity contribution in [3.05, 3.63) is 0 Å². The molecule has 0 saturated carbocycles.